The third-order valence-electron chi connectivity index (χ3n) is 4.91. The zero-order valence-corrected chi connectivity index (χ0v) is 16.4. The molecule has 0 aliphatic carbocycles. The molecule has 2 aromatic carbocycles. The number of amides is 1. The summed E-state index contributed by atoms with van der Waals surface area (Å²) in [6.45, 7) is 3.13. The van der Waals surface area contributed by atoms with Crippen molar-refractivity contribution in [2.75, 3.05) is 13.1 Å². The predicted octanol–water partition coefficient (Wildman–Crippen LogP) is 3.22. The molecule has 0 bridgehead atoms. The number of hydrogen-bond donors (Lipinski definition) is 1. The van der Waals surface area contributed by atoms with Crippen molar-refractivity contribution in [1.82, 2.24) is 9.62 Å². The molecule has 144 valence electrons. The van der Waals surface area contributed by atoms with E-state index in [9.17, 15) is 13.2 Å². The quantitative estimate of drug-likeness (QED) is 0.794. The van der Waals surface area contributed by atoms with Gasteiger partial charge in [0.1, 0.15) is 0 Å². The molecule has 1 atom stereocenters. The summed E-state index contributed by atoms with van der Waals surface area (Å²) in [5, 5.41) is 2.98. The van der Waals surface area contributed by atoms with Gasteiger partial charge in [-0.1, -0.05) is 30.3 Å². The number of sulfonamides is 1. The summed E-state index contributed by atoms with van der Waals surface area (Å²) >= 11 is 0. The molecule has 1 heterocycles. The first-order valence-corrected chi connectivity index (χ1v) is 10.9. The Kier molecular flexibility index (Phi) is 6.29. The third-order valence-corrected chi connectivity index (χ3v) is 6.82. The molecule has 1 aliphatic heterocycles. The van der Waals surface area contributed by atoms with E-state index in [1.54, 1.807) is 12.1 Å². The van der Waals surface area contributed by atoms with Gasteiger partial charge in [0.05, 0.1) is 4.90 Å². The van der Waals surface area contributed by atoms with Gasteiger partial charge in [-0.2, -0.15) is 4.31 Å². The standard InChI is InChI=1S/C21H26N2O3S/c1-17(9-10-18-7-3-2-4-8-18)22-21(24)19-11-13-20(14-12-19)27(25,26)23-15-5-6-16-23/h2-4,7-8,11-14,17H,5-6,9-10,15-16H2,1H3,(H,22,24)/t17-/m1/s1. The molecule has 0 spiro atoms. The Labute approximate surface area is 161 Å². The smallest absolute Gasteiger partial charge is 0.251 e. The first-order chi connectivity index (χ1) is 13.0. The van der Waals surface area contributed by atoms with E-state index in [0.717, 1.165) is 25.7 Å². The number of nitrogens with zero attached hydrogens (tertiary/aromatic N) is 1. The number of aryl methyl sites for hydroxylation is 1. The van der Waals surface area contributed by atoms with Crippen LogP contribution < -0.4 is 5.32 Å². The predicted molar refractivity (Wildman–Crippen MR) is 106 cm³/mol. The molecule has 1 fully saturated rings. The van der Waals surface area contributed by atoms with Gasteiger partial charge < -0.3 is 5.32 Å². The largest absolute Gasteiger partial charge is 0.350 e. The van der Waals surface area contributed by atoms with Gasteiger partial charge in [0.25, 0.3) is 5.91 Å². The Bertz CT molecular complexity index is 858. The third kappa shape index (κ3) is 4.96. The van der Waals surface area contributed by atoms with Crippen LogP contribution >= 0.6 is 0 Å². The maximum absolute atomic E-state index is 12.5. The van der Waals surface area contributed by atoms with E-state index in [0.29, 0.717) is 18.7 Å². The maximum Gasteiger partial charge on any atom is 0.251 e. The Morgan fingerprint density at radius 3 is 2.30 bits per heavy atom. The SMILES string of the molecule is C[C@H](CCc1ccccc1)NC(=O)c1ccc(S(=O)(=O)N2CCCC2)cc1. The zero-order chi connectivity index (χ0) is 19.3. The number of rotatable bonds is 7. The van der Waals surface area contributed by atoms with Crippen LogP contribution in [-0.4, -0.2) is 37.8 Å². The van der Waals surface area contributed by atoms with E-state index in [4.69, 9.17) is 0 Å². The normalized spacial score (nSPS) is 16.2. The number of carbonyl (C=O) groups excluding carboxylic acids is 1. The Morgan fingerprint density at radius 1 is 1.04 bits per heavy atom. The molecule has 5 nitrogen and oxygen atoms in total. The van der Waals surface area contributed by atoms with Gasteiger partial charge in [0, 0.05) is 24.7 Å². The van der Waals surface area contributed by atoms with Crippen molar-refractivity contribution in [3.63, 3.8) is 0 Å². The van der Waals surface area contributed by atoms with Crippen molar-refractivity contribution >= 4 is 15.9 Å². The second-order valence-corrected chi connectivity index (χ2v) is 8.97. The van der Waals surface area contributed by atoms with Gasteiger partial charge in [-0.3, -0.25) is 4.79 Å². The highest BCUT2D eigenvalue weighted by Gasteiger charge is 2.27. The lowest BCUT2D eigenvalue weighted by Crippen LogP contribution is -2.33. The Balaban J connectivity index is 1.57. The van der Waals surface area contributed by atoms with Crippen LogP contribution in [0.15, 0.2) is 59.5 Å². The van der Waals surface area contributed by atoms with E-state index in [1.807, 2.05) is 25.1 Å². The van der Waals surface area contributed by atoms with Crippen LogP contribution in [0.25, 0.3) is 0 Å². The summed E-state index contributed by atoms with van der Waals surface area (Å²) in [6.07, 6.45) is 3.55. The van der Waals surface area contributed by atoms with Crippen molar-refractivity contribution in [3.05, 3.63) is 65.7 Å². The van der Waals surface area contributed by atoms with Crippen LogP contribution in [0.3, 0.4) is 0 Å². The van der Waals surface area contributed by atoms with Crippen molar-refractivity contribution in [2.45, 2.75) is 43.5 Å². The minimum absolute atomic E-state index is 0.0331. The van der Waals surface area contributed by atoms with Crippen LogP contribution in [0.4, 0.5) is 0 Å². The lowest BCUT2D eigenvalue weighted by molar-refractivity contribution is 0.0938. The number of nitrogens with one attached hydrogen (secondary N) is 1. The van der Waals surface area contributed by atoms with Crippen LogP contribution in [-0.2, 0) is 16.4 Å². The number of hydrogen-bond acceptors (Lipinski definition) is 3. The van der Waals surface area contributed by atoms with Crippen molar-refractivity contribution < 1.29 is 13.2 Å². The van der Waals surface area contributed by atoms with Crippen molar-refractivity contribution in [3.8, 4) is 0 Å². The van der Waals surface area contributed by atoms with E-state index < -0.39 is 10.0 Å². The second kappa shape index (κ2) is 8.67. The van der Waals surface area contributed by atoms with E-state index in [-0.39, 0.29) is 16.8 Å². The molecule has 1 amide bonds. The molecule has 1 saturated heterocycles. The molecule has 1 aliphatic rings. The monoisotopic (exact) mass is 386 g/mol. The molecular weight excluding hydrogens is 360 g/mol. The van der Waals surface area contributed by atoms with Gasteiger partial charge in [-0.15, -0.1) is 0 Å². The van der Waals surface area contributed by atoms with E-state index >= 15 is 0 Å². The summed E-state index contributed by atoms with van der Waals surface area (Å²) < 4.78 is 26.6. The summed E-state index contributed by atoms with van der Waals surface area (Å²) in [4.78, 5) is 12.7. The maximum atomic E-state index is 12.5. The molecule has 0 radical (unpaired) electrons. The number of carbonyl (C=O) groups is 1. The fourth-order valence-electron chi connectivity index (χ4n) is 3.26. The van der Waals surface area contributed by atoms with Crippen LogP contribution in [0.2, 0.25) is 0 Å². The van der Waals surface area contributed by atoms with Crippen LogP contribution in [0.5, 0.6) is 0 Å². The minimum atomic E-state index is -3.44. The highest BCUT2D eigenvalue weighted by molar-refractivity contribution is 7.89. The van der Waals surface area contributed by atoms with Gasteiger partial charge in [0.15, 0.2) is 0 Å². The molecule has 0 saturated carbocycles. The molecule has 0 unspecified atom stereocenters. The molecule has 1 N–H and O–H groups in total. The topological polar surface area (TPSA) is 66.5 Å². The summed E-state index contributed by atoms with van der Waals surface area (Å²) in [7, 11) is -3.44. The average molecular weight is 387 g/mol. The first-order valence-electron chi connectivity index (χ1n) is 9.42. The Morgan fingerprint density at radius 2 is 1.67 bits per heavy atom. The average Bonchev–Trinajstić information content (AvgIpc) is 3.23. The Hall–Kier alpha value is -2.18. The fourth-order valence-corrected chi connectivity index (χ4v) is 4.78. The molecule has 2 aromatic rings. The zero-order valence-electron chi connectivity index (χ0n) is 15.6. The molecule has 6 heteroatoms. The molecule has 27 heavy (non-hydrogen) atoms. The highest BCUT2D eigenvalue weighted by atomic mass is 32.2. The number of benzene rings is 2. The summed E-state index contributed by atoms with van der Waals surface area (Å²) in [6, 6.07) is 16.4. The van der Waals surface area contributed by atoms with Gasteiger partial charge in [0.2, 0.25) is 10.0 Å². The van der Waals surface area contributed by atoms with Gasteiger partial charge in [-0.05, 0) is 62.4 Å². The van der Waals surface area contributed by atoms with Crippen molar-refractivity contribution in [2.24, 2.45) is 0 Å². The highest BCUT2D eigenvalue weighted by Crippen LogP contribution is 2.21. The van der Waals surface area contributed by atoms with Gasteiger partial charge >= 0.3 is 0 Å². The second-order valence-electron chi connectivity index (χ2n) is 7.03. The first kappa shape index (κ1) is 19.6. The summed E-state index contributed by atoms with van der Waals surface area (Å²) in [5.41, 5.74) is 1.72. The summed E-state index contributed by atoms with van der Waals surface area (Å²) in [5.74, 6) is -0.180. The minimum Gasteiger partial charge on any atom is -0.350 e. The molecule has 0 aromatic heterocycles. The van der Waals surface area contributed by atoms with Crippen LogP contribution in [0, 0.1) is 0 Å². The molecule has 3 rings (SSSR count). The lowest BCUT2D eigenvalue weighted by atomic mass is 10.1. The lowest BCUT2D eigenvalue weighted by Gasteiger charge is -2.16. The van der Waals surface area contributed by atoms with Gasteiger partial charge in [-0.25, -0.2) is 8.42 Å². The molecular formula is C21H26N2O3S. The van der Waals surface area contributed by atoms with E-state index in [2.05, 4.69) is 17.4 Å². The van der Waals surface area contributed by atoms with Crippen LogP contribution in [0.1, 0.15) is 42.1 Å². The fraction of sp³-hybridized carbons (Fsp3) is 0.381. The van der Waals surface area contributed by atoms with E-state index in [1.165, 1.54) is 22.0 Å². The van der Waals surface area contributed by atoms with Crippen molar-refractivity contribution in [1.29, 1.82) is 0 Å².